The molecule has 4 nitrogen and oxygen atoms in total. The van der Waals surface area contributed by atoms with Crippen LogP contribution in [0.4, 0.5) is 0 Å². The lowest BCUT2D eigenvalue weighted by Crippen LogP contribution is -2.43. The van der Waals surface area contributed by atoms with Crippen molar-refractivity contribution in [2.75, 3.05) is 6.54 Å². The highest BCUT2D eigenvalue weighted by Gasteiger charge is 2.23. The quantitative estimate of drug-likeness (QED) is 0.766. The van der Waals surface area contributed by atoms with Gasteiger partial charge in [-0.15, -0.1) is 0 Å². The van der Waals surface area contributed by atoms with Crippen LogP contribution in [0.2, 0.25) is 0 Å². The number of nitrogens with two attached hydrogens (primary N) is 1. The molecule has 15 heavy (non-hydrogen) atoms. The van der Waals surface area contributed by atoms with Gasteiger partial charge in [-0.05, 0) is 18.6 Å². The van der Waals surface area contributed by atoms with Crippen LogP contribution in [0.3, 0.4) is 0 Å². The molecule has 1 aromatic heterocycles. The Hall–Kier alpha value is -1.42. The molecule has 1 aromatic rings. The van der Waals surface area contributed by atoms with Gasteiger partial charge in [-0.25, -0.2) is 0 Å². The van der Waals surface area contributed by atoms with E-state index < -0.39 is 0 Å². The average Bonchev–Trinajstić information content (AvgIpc) is 2.24. The minimum atomic E-state index is 0.0393. The van der Waals surface area contributed by atoms with E-state index in [2.05, 4.69) is 4.98 Å². The van der Waals surface area contributed by atoms with Gasteiger partial charge in [0.05, 0.1) is 12.2 Å². The second-order valence-electron chi connectivity index (χ2n) is 3.89. The van der Waals surface area contributed by atoms with Gasteiger partial charge in [0.25, 0.3) is 0 Å². The summed E-state index contributed by atoms with van der Waals surface area (Å²) < 4.78 is 0. The fraction of sp³-hybridized carbons (Fsp3) is 0.455. The van der Waals surface area contributed by atoms with E-state index in [0.29, 0.717) is 13.0 Å². The van der Waals surface area contributed by atoms with Gasteiger partial charge in [-0.2, -0.15) is 0 Å². The van der Waals surface area contributed by atoms with Gasteiger partial charge in [-0.3, -0.25) is 9.78 Å². The number of carbonyl (C=O) groups excluding carboxylic acids is 1. The lowest BCUT2D eigenvalue weighted by molar-refractivity contribution is -0.134. The standard InChI is InChI=1S/C11H15N3O/c12-9-4-6-14(11(15)7-9)8-10-3-1-2-5-13-10/h1-3,5,9H,4,6-8,12H2. The van der Waals surface area contributed by atoms with Gasteiger partial charge in [-0.1, -0.05) is 6.07 Å². The minimum Gasteiger partial charge on any atom is -0.337 e. The Morgan fingerprint density at radius 2 is 2.40 bits per heavy atom. The zero-order chi connectivity index (χ0) is 10.7. The van der Waals surface area contributed by atoms with Crippen molar-refractivity contribution >= 4 is 5.91 Å². The maximum Gasteiger partial charge on any atom is 0.224 e. The summed E-state index contributed by atoms with van der Waals surface area (Å²) in [6.07, 6.45) is 3.10. The predicted molar refractivity (Wildman–Crippen MR) is 56.9 cm³/mol. The number of pyridine rings is 1. The first-order valence-electron chi connectivity index (χ1n) is 5.19. The lowest BCUT2D eigenvalue weighted by Gasteiger charge is -2.29. The number of piperidine rings is 1. The van der Waals surface area contributed by atoms with E-state index in [1.54, 1.807) is 6.20 Å². The zero-order valence-electron chi connectivity index (χ0n) is 8.60. The second-order valence-corrected chi connectivity index (χ2v) is 3.89. The van der Waals surface area contributed by atoms with E-state index >= 15 is 0 Å². The molecule has 2 rings (SSSR count). The third-order valence-corrected chi connectivity index (χ3v) is 2.64. The summed E-state index contributed by atoms with van der Waals surface area (Å²) in [7, 11) is 0. The van der Waals surface area contributed by atoms with Crippen molar-refractivity contribution in [2.24, 2.45) is 5.73 Å². The van der Waals surface area contributed by atoms with Crippen LogP contribution in [0, 0.1) is 0 Å². The summed E-state index contributed by atoms with van der Waals surface area (Å²) in [5.41, 5.74) is 6.65. The molecule has 1 fully saturated rings. The van der Waals surface area contributed by atoms with Crippen molar-refractivity contribution in [2.45, 2.75) is 25.4 Å². The highest BCUT2D eigenvalue weighted by molar-refractivity contribution is 5.77. The van der Waals surface area contributed by atoms with Crippen LogP contribution in [-0.2, 0) is 11.3 Å². The molecule has 1 aliphatic heterocycles. The Morgan fingerprint density at radius 1 is 1.53 bits per heavy atom. The fourth-order valence-corrected chi connectivity index (χ4v) is 1.76. The first-order chi connectivity index (χ1) is 7.25. The first kappa shape index (κ1) is 10.1. The third kappa shape index (κ3) is 2.53. The average molecular weight is 205 g/mol. The van der Waals surface area contributed by atoms with Crippen molar-refractivity contribution in [1.29, 1.82) is 0 Å². The summed E-state index contributed by atoms with van der Waals surface area (Å²) in [6.45, 7) is 1.35. The maximum atomic E-state index is 11.6. The monoisotopic (exact) mass is 205 g/mol. The van der Waals surface area contributed by atoms with Gasteiger partial charge in [0.1, 0.15) is 0 Å². The molecule has 1 unspecified atom stereocenters. The molecule has 1 aliphatic rings. The molecule has 0 bridgehead atoms. The zero-order valence-corrected chi connectivity index (χ0v) is 8.60. The SMILES string of the molecule is NC1CCN(Cc2ccccn2)C(=O)C1. The molecule has 1 amide bonds. The Morgan fingerprint density at radius 3 is 3.07 bits per heavy atom. The third-order valence-electron chi connectivity index (χ3n) is 2.64. The predicted octanol–water partition coefficient (Wildman–Crippen LogP) is 0.531. The summed E-state index contributed by atoms with van der Waals surface area (Å²) in [5.74, 6) is 0.138. The Labute approximate surface area is 89.1 Å². The van der Waals surface area contributed by atoms with E-state index in [-0.39, 0.29) is 11.9 Å². The number of nitrogens with zero attached hydrogens (tertiary/aromatic N) is 2. The Balaban J connectivity index is 1.98. The number of hydrogen-bond acceptors (Lipinski definition) is 3. The number of carbonyl (C=O) groups is 1. The van der Waals surface area contributed by atoms with E-state index in [1.807, 2.05) is 23.1 Å². The largest absolute Gasteiger partial charge is 0.337 e. The topological polar surface area (TPSA) is 59.2 Å². The molecule has 0 saturated carbocycles. The van der Waals surface area contributed by atoms with Crippen LogP contribution in [0.15, 0.2) is 24.4 Å². The number of likely N-dealkylation sites (tertiary alicyclic amines) is 1. The van der Waals surface area contributed by atoms with E-state index in [4.69, 9.17) is 5.73 Å². The van der Waals surface area contributed by atoms with Gasteiger partial charge in [0, 0.05) is 25.2 Å². The van der Waals surface area contributed by atoms with Crippen molar-refractivity contribution in [3.05, 3.63) is 30.1 Å². The summed E-state index contributed by atoms with van der Waals surface area (Å²) in [4.78, 5) is 17.7. The van der Waals surface area contributed by atoms with Gasteiger partial charge < -0.3 is 10.6 Å². The molecule has 1 saturated heterocycles. The van der Waals surface area contributed by atoms with Crippen LogP contribution < -0.4 is 5.73 Å². The number of amides is 1. The van der Waals surface area contributed by atoms with Crippen molar-refractivity contribution in [1.82, 2.24) is 9.88 Å². The van der Waals surface area contributed by atoms with Gasteiger partial charge in [0.15, 0.2) is 0 Å². The molecule has 0 aliphatic carbocycles. The molecule has 0 radical (unpaired) electrons. The Bertz CT molecular complexity index is 339. The second kappa shape index (κ2) is 4.40. The fourth-order valence-electron chi connectivity index (χ4n) is 1.76. The molecular formula is C11H15N3O. The first-order valence-corrected chi connectivity index (χ1v) is 5.19. The highest BCUT2D eigenvalue weighted by Crippen LogP contribution is 2.12. The van der Waals surface area contributed by atoms with Crippen molar-refractivity contribution < 1.29 is 4.79 Å². The molecule has 0 aromatic carbocycles. The van der Waals surface area contributed by atoms with Crippen LogP contribution in [-0.4, -0.2) is 28.4 Å². The summed E-state index contributed by atoms with van der Waals surface area (Å²) in [6, 6.07) is 5.78. The van der Waals surface area contributed by atoms with Crippen molar-refractivity contribution in [3.63, 3.8) is 0 Å². The number of hydrogen-bond donors (Lipinski definition) is 1. The molecule has 2 heterocycles. The molecule has 4 heteroatoms. The summed E-state index contributed by atoms with van der Waals surface area (Å²) >= 11 is 0. The molecule has 80 valence electrons. The van der Waals surface area contributed by atoms with E-state index in [1.165, 1.54) is 0 Å². The van der Waals surface area contributed by atoms with Crippen LogP contribution in [0.25, 0.3) is 0 Å². The number of rotatable bonds is 2. The van der Waals surface area contributed by atoms with Crippen LogP contribution >= 0.6 is 0 Å². The van der Waals surface area contributed by atoms with Gasteiger partial charge in [0.2, 0.25) is 5.91 Å². The lowest BCUT2D eigenvalue weighted by atomic mass is 10.1. The normalized spacial score (nSPS) is 21.8. The summed E-state index contributed by atoms with van der Waals surface area (Å²) in [5, 5.41) is 0. The maximum absolute atomic E-state index is 11.6. The van der Waals surface area contributed by atoms with E-state index in [9.17, 15) is 4.79 Å². The molecule has 1 atom stereocenters. The van der Waals surface area contributed by atoms with E-state index in [0.717, 1.165) is 18.7 Å². The van der Waals surface area contributed by atoms with Crippen LogP contribution in [0.5, 0.6) is 0 Å². The van der Waals surface area contributed by atoms with Crippen molar-refractivity contribution in [3.8, 4) is 0 Å². The molecule has 2 N–H and O–H groups in total. The molecule has 0 spiro atoms. The Kier molecular flexibility index (Phi) is 2.97. The number of aromatic nitrogens is 1. The highest BCUT2D eigenvalue weighted by atomic mass is 16.2. The minimum absolute atomic E-state index is 0.0393. The van der Waals surface area contributed by atoms with Crippen LogP contribution in [0.1, 0.15) is 18.5 Å². The van der Waals surface area contributed by atoms with Gasteiger partial charge >= 0.3 is 0 Å². The smallest absolute Gasteiger partial charge is 0.224 e. The molecular weight excluding hydrogens is 190 g/mol.